The van der Waals surface area contributed by atoms with E-state index in [2.05, 4.69) is 5.32 Å². The van der Waals surface area contributed by atoms with Gasteiger partial charge in [-0.15, -0.1) is 0 Å². The van der Waals surface area contributed by atoms with Crippen LogP contribution in [0.4, 0.5) is 4.79 Å². The molecule has 0 heterocycles. The quantitative estimate of drug-likeness (QED) is 0.261. The predicted octanol–water partition coefficient (Wildman–Crippen LogP) is 5.51. The molecule has 1 N–H and O–H groups in total. The van der Waals surface area contributed by atoms with Gasteiger partial charge in [0.25, 0.3) is 0 Å². The second-order valence-electron chi connectivity index (χ2n) is 8.60. The van der Waals surface area contributed by atoms with Gasteiger partial charge in [0.05, 0.1) is 13.2 Å². The average molecular weight is 524 g/mol. The summed E-state index contributed by atoms with van der Waals surface area (Å²) in [4.78, 5) is 25.6. The minimum Gasteiger partial charge on any atom is -0.459 e. The van der Waals surface area contributed by atoms with Crippen molar-refractivity contribution in [1.82, 2.24) is 5.32 Å². The highest BCUT2D eigenvalue weighted by molar-refractivity contribution is 7.52. The van der Waals surface area contributed by atoms with Crippen LogP contribution in [0, 0.1) is 0 Å². The lowest BCUT2D eigenvalue weighted by Gasteiger charge is -2.21. The molecule has 0 saturated carbocycles. The minimum atomic E-state index is -3.41. The van der Waals surface area contributed by atoms with Crippen molar-refractivity contribution in [2.75, 3.05) is 26.5 Å². The van der Waals surface area contributed by atoms with Gasteiger partial charge in [0.1, 0.15) is 13.2 Å². The van der Waals surface area contributed by atoms with Gasteiger partial charge in [-0.3, -0.25) is 4.57 Å². The van der Waals surface area contributed by atoms with E-state index in [0.717, 1.165) is 27.8 Å². The Balaban J connectivity index is 1.41. The van der Waals surface area contributed by atoms with Crippen LogP contribution in [0.25, 0.3) is 11.1 Å². The molecule has 4 rings (SSSR count). The number of fused-ring (bicyclic) bond motifs is 3. The van der Waals surface area contributed by atoms with E-state index in [-0.39, 0.29) is 25.7 Å². The molecule has 9 heteroatoms. The molecular weight excluding hydrogens is 493 g/mol. The number of hydrogen-bond acceptors (Lipinski definition) is 7. The molecule has 0 bridgehead atoms. The number of benzene rings is 3. The number of alkyl carbamates (subject to hydrolysis) is 1. The summed E-state index contributed by atoms with van der Waals surface area (Å²) in [5.74, 6) is -0.874. The van der Waals surface area contributed by atoms with Crippen LogP contribution in [0.15, 0.2) is 78.9 Å². The largest absolute Gasteiger partial charge is 0.459 e. The molecule has 3 aromatic rings. The number of amides is 1. The van der Waals surface area contributed by atoms with Crippen molar-refractivity contribution in [2.24, 2.45) is 0 Å². The zero-order valence-electron chi connectivity index (χ0n) is 20.8. The molecule has 37 heavy (non-hydrogen) atoms. The van der Waals surface area contributed by atoms with E-state index >= 15 is 0 Å². The Kier molecular flexibility index (Phi) is 8.77. The zero-order chi connectivity index (χ0) is 26.3. The van der Waals surface area contributed by atoms with E-state index in [0.29, 0.717) is 0 Å². The highest BCUT2D eigenvalue weighted by Crippen LogP contribution is 2.45. The second-order valence-corrected chi connectivity index (χ2v) is 10.7. The molecule has 1 unspecified atom stereocenters. The molecule has 0 spiro atoms. The molecule has 2 atom stereocenters. The zero-order valence-corrected chi connectivity index (χ0v) is 21.7. The topological polar surface area (TPSA) is 100 Å². The summed E-state index contributed by atoms with van der Waals surface area (Å²) in [5.41, 5.74) is 5.15. The standard InChI is InChI=1S/C28H30NO7P/c1-3-35-37(2,32)36-19-26(27(30)33-17-20-11-5-4-6-12-20)29-28(31)34-18-25-23-15-9-7-13-21(23)22-14-8-10-16-24(22)25/h4-16,25-26H,3,17-19H2,1-2H3,(H,29,31)/t26-,37?/m0/s1. The van der Waals surface area contributed by atoms with Gasteiger partial charge >= 0.3 is 19.7 Å². The number of carbonyl (C=O) groups excluding carboxylic acids is 2. The Morgan fingerprint density at radius 1 is 0.865 bits per heavy atom. The summed E-state index contributed by atoms with van der Waals surface area (Å²) >= 11 is 0. The number of nitrogens with one attached hydrogen (secondary N) is 1. The Morgan fingerprint density at radius 3 is 2.08 bits per heavy atom. The molecular formula is C28H30NO7P. The number of ether oxygens (including phenoxy) is 2. The number of esters is 1. The van der Waals surface area contributed by atoms with Crippen LogP contribution in [0.1, 0.15) is 29.5 Å². The van der Waals surface area contributed by atoms with E-state index in [1.807, 2.05) is 78.9 Å². The van der Waals surface area contributed by atoms with Crippen LogP contribution in [0.2, 0.25) is 0 Å². The first-order chi connectivity index (χ1) is 17.9. The van der Waals surface area contributed by atoms with E-state index in [9.17, 15) is 14.2 Å². The maximum Gasteiger partial charge on any atom is 0.407 e. The highest BCUT2D eigenvalue weighted by Gasteiger charge is 2.31. The van der Waals surface area contributed by atoms with Gasteiger partial charge in [0, 0.05) is 12.6 Å². The Bertz CT molecular complexity index is 1230. The molecule has 1 amide bonds. The molecule has 0 radical (unpaired) electrons. The van der Waals surface area contributed by atoms with Gasteiger partial charge in [0.15, 0.2) is 6.04 Å². The SMILES string of the molecule is CCOP(C)(=O)OC[C@H](NC(=O)OCC1c2ccccc2-c2ccccc21)C(=O)OCc1ccccc1. The first kappa shape index (κ1) is 26.6. The first-order valence-electron chi connectivity index (χ1n) is 12.1. The highest BCUT2D eigenvalue weighted by atomic mass is 31.2. The molecule has 1 aliphatic rings. The van der Waals surface area contributed by atoms with Gasteiger partial charge in [0.2, 0.25) is 0 Å². The molecule has 194 valence electrons. The molecule has 3 aromatic carbocycles. The van der Waals surface area contributed by atoms with Crippen molar-refractivity contribution < 1.29 is 32.7 Å². The van der Waals surface area contributed by atoms with Crippen molar-refractivity contribution in [3.05, 3.63) is 95.6 Å². The lowest BCUT2D eigenvalue weighted by molar-refractivity contribution is -0.148. The fourth-order valence-electron chi connectivity index (χ4n) is 4.26. The lowest BCUT2D eigenvalue weighted by atomic mass is 9.98. The molecule has 0 saturated heterocycles. The van der Waals surface area contributed by atoms with Gasteiger partial charge in [-0.25, -0.2) is 9.59 Å². The fraction of sp³-hybridized carbons (Fsp3) is 0.286. The second kappa shape index (κ2) is 12.2. The van der Waals surface area contributed by atoms with Crippen LogP contribution in [0.3, 0.4) is 0 Å². The summed E-state index contributed by atoms with van der Waals surface area (Å²) in [6.07, 6.45) is -0.811. The number of rotatable bonds is 11. The van der Waals surface area contributed by atoms with Gasteiger partial charge in [-0.1, -0.05) is 78.9 Å². The van der Waals surface area contributed by atoms with E-state index in [1.165, 1.54) is 6.66 Å². The van der Waals surface area contributed by atoms with Gasteiger partial charge in [-0.2, -0.15) is 0 Å². The normalized spacial score (nSPS) is 14.6. The summed E-state index contributed by atoms with van der Waals surface area (Å²) in [6.45, 7) is 2.86. The summed E-state index contributed by atoms with van der Waals surface area (Å²) in [7, 11) is -3.41. The van der Waals surface area contributed by atoms with Crippen LogP contribution in [-0.4, -0.2) is 44.6 Å². The summed E-state index contributed by atoms with van der Waals surface area (Å²) in [5, 5.41) is 2.50. The lowest BCUT2D eigenvalue weighted by Crippen LogP contribution is -2.45. The van der Waals surface area contributed by atoms with E-state index < -0.39 is 32.3 Å². The molecule has 1 aliphatic carbocycles. The van der Waals surface area contributed by atoms with E-state index in [4.69, 9.17) is 18.5 Å². The molecule has 8 nitrogen and oxygen atoms in total. The number of hydrogen-bond donors (Lipinski definition) is 1. The van der Waals surface area contributed by atoms with Crippen LogP contribution in [0.5, 0.6) is 0 Å². The summed E-state index contributed by atoms with van der Waals surface area (Å²) < 4.78 is 33.8. The van der Waals surface area contributed by atoms with Crippen molar-refractivity contribution in [1.29, 1.82) is 0 Å². The Hall–Kier alpha value is -3.45. The molecule has 0 aliphatic heterocycles. The maximum atomic E-state index is 12.8. The van der Waals surface area contributed by atoms with Gasteiger partial charge in [-0.05, 0) is 34.7 Å². The third kappa shape index (κ3) is 6.86. The predicted molar refractivity (Wildman–Crippen MR) is 139 cm³/mol. The fourth-order valence-corrected chi connectivity index (χ4v) is 5.23. The minimum absolute atomic E-state index is 0.0117. The maximum absolute atomic E-state index is 12.8. The Labute approximate surface area is 216 Å². The number of carbonyl (C=O) groups is 2. The van der Waals surface area contributed by atoms with Gasteiger partial charge < -0.3 is 23.8 Å². The average Bonchev–Trinajstić information content (AvgIpc) is 3.22. The third-order valence-corrected chi connectivity index (χ3v) is 7.33. The molecule has 0 aromatic heterocycles. The van der Waals surface area contributed by atoms with Crippen molar-refractivity contribution in [2.45, 2.75) is 25.5 Å². The van der Waals surface area contributed by atoms with Crippen molar-refractivity contribution in [3.8, 4) is 11.1 Å². The van der Waals surface area contributed by atoms with Crippen LogP contribution >= 0.6 is 7.60 Å². The Morgan fingerprint density at radius 2 is 1.46 bits per heavy atom. The molecule has 0 fully saturated rings. The smallest absolute Gasteiger partial charge is 0.407 e. The monoisotopic (exact) mass is 523 g/mol. The van der Waals surface area contributed by atoms with Crippen molar-refractivity contribution in [3.63, 3.8) is 0 Å². The third-order valence-electron chi connectivity index (χ3n) is 5.98. The first-order valence-corrected chi connectivity index (χ1v) is 14.1. The van der Waals surface area contributed by atoms with Crippen molar-refractivity contribution >= 4 is 19.7 Å². The van der Waals surface area contributed by atoms with Crippen LogP contribution in [-0.2, 0) is 34.5 Å². The van der Waals surface area contributed by atoms with E-state index in [1.54, 1.807) is 6.92 Å². The summed E-state index contributed by atoms with van der Waals surface area (Å²) in [6, 6.07) is 23.9. The van der Waals surface area contributed by atoms with Crippen LogP contribution < -0.4 is 5.32 Å².